The van der Waals surface area contributed by atoms with E-state index in [1.54, 1.807) is 11.8 Å². The summed E-state index contributed by atoms with van der Waals surface area (Å²) in [5.74, 6) is -0.678. The second-order valence-electron chi connectivity index (χ2n) is 4.26. The summed E-state index contributed by atoms with van der Waals surface area (Å²) in [5.41, 5.74) is -1.46. The van der Waals surface area contributed by atoms with E-state index in [0.29, 0.717) is 13.1 Å². The number of likely N-dealkylation sites (N-methyl/N-ethyl adjacent to an activating group) is 1. The normalized spacial score (nSPS) is 13.1. The minimum absolute atomic E-state index is 0.136. The molecule has 0 aliphatic heterocycles. The van der Waals surface area contributed by atoms with Gasteiger partial charge in [-0.2, -0.15) is 0 Å². The number of aliphatic hydroxyl groups is 1. The Hall–Kier alpha value is -1.10. The van der Waals surface area contributed by atoms with Crippen LogP contribution >= 0.6 is 0 Å². The van der Waals surface area contributed by atoms with E-state index in [-0.39, 0.29) is 5.91 Å². The van der Waals surface area contributed by atoms with Gasteiger partial charge in [-0.15, -0.1) is 0 Å². The Kier molecular flexibility index (Phi) is 5.44. The van der Waals surface area contributed by atoms with Gasteiger partial charge in [0.1, 0.15) is 11.6 Å². The lowest BCUT2D eigenvalue weighted by Gasteiger charge is -2.25. The number of hydrogen-bond acceptors (Lipinski definition) is 3. The molecule has 2 amide bonds. The third-order valence-electron chi connectivity index (χ3n) is 2.35. The summed E-state index contributed by atoms with van der Waals surface area (Å²) in [6.07, 6.45) is 0. The summed E-state index contributed by atoms with van der Waals surface area (Å²) in [7, 11) is 0. The van der Waals surface area contributed by atoms with E-state index in [4.69, 9.17) is 0 Å². The topological polar surface area (TPSA) is 69.6 Å². The maximum Gasteiger partial charge on any atom is 0.252 e. The molecule has 0 aliphatic rings. The zero-order valence-electron chi connectivity index (χ0n) is 10.7. The Labute approximate surface area is 96.8 Å². The van der Waals surface area contributed by atoms with Crippen LogP contribution in [0.15, 0.2) is 0 Å². The quantitative estimate of drug-likeness (QED) is 0.705. The first-order valence-electron chi connectivity index (χ1n) is 5.56. The fraction of sp³-hybridized carbons (Fsp3) is 0.818. The van der Waals surface area contributed by atoms with Crippen molar-refractivity contribution < 1.29 is 14.7 Å². The van der Waals surface area contributed by atoms with Crippen LogP contribution in [0.1, 0.15) is 34.6 Å². The molecule has 16 heavy (non-hydrogen) atoms. The zero-order chi connectivity index (χ0) is 12.9. The molecule has 1 unspecified atom stereocenters. The van der Waals surface area contributed by atoms with Gasteiger partial charge >= 0.3 is 0 Å². The maximum absolute atomic E-state index is 11.8. The van der Waals surface area contributed by atoms with Gasteiger partial charge in [0.05, 0.1) is 0 Å². The summed E-state index contributed by atoms with van der Waals surface area (Å²) < 4.78 is 0. The fourth-order valence-electron chi connectivity index (χ4n) is 1.24. The molecular weight excluding hydrogens is 208 g/mol. The average Bonchev–Trinajstić information content (AvgIpc) is 2.17. The van der Waals surface area contributed by atoms with Crippen LogP contribution in [0.25, 0.3) is 0 Å². The largest absolute Gasteiger partial charge is 0.381 e. The molecule has 0 rings (SSSR count). The van der Waals surface area contributed by atoms with Crippen LogP contribution in [0.2, 0.25) is 0 Å². The second kappa shape index (κ2) is 5.84. The Morgan fingerprint density at radius 2 is 1.75 bits per heavy atom. The van der Waals surface area contributed by atoms with Crippen molar-refractivity contribution in [2.24, 2.45) is 0 Å². The molecule has 5 nitrogen and oxygen atoms in total. The molecule has 0 aromatic heterocycles. The molecule has 0 radical (unpaired) electrons. The zero-order valence-corrected chi connectivity index (χ0v) is 10.7. The molecule has 0 saturated carbocycles. The highest BCUT2D eigenvalue weighted by Crippen LogP contribution is 2.02. The molecule has 1 atom stereocenters. The summed E-state index contributed by atoms with van der Waals surface area (Å²) >= 11 is 0. The van der Waals surface area contributed by atoms with Crippen LogP contribution in [-0.2, 0) is 9.59 Å². The van der Waals surface area contributed by atoms with Gasteiger partial charge < -0.3 is 15.3 Å². The predicted octanol–water partition coefficient (Wildman–Crippen LogP) is 0.130. The smallest absolute Gasteiger partial charge is 0.252 e. The van der Waals surface area contributed by atoms with E-state index in [2.05, 4.69) is 5.32 Å². The van der Waals surface area contributed by atoms with E-state index in [9.17, 15) is 14.7 Å². The van der Waals surface area contributed by atoms with Crippen molar-refractivity contribution in [2.45, 2.75) is 46.3 Å². The molecular formula is C11H22N2O3. The van der Waals surface area contributed by atoms with E-state index < -0.39 is 17.6 Å². The van der Waals surface area contributed by atoms with Gasteiger partial charge in [0.15, 0.2) is 0 Å². The molecule has 0 aliphatic carbocycles. The second-order valence-corrected chi connectivity index (χ2v) is 4.26. The van der Waals surface area contributed by atoms with Gasteiger partial charge in [-0.05, 0) is 34.6 Å². The number of rotatable bonds is 5. The van der Waals surface area contributed by atoms with E-state index in [1.807, 2.05) is 13.8 Å². The highest BCUT2D eigenvalue weighted by Gasteiger charge is 2.28. The van der Waals surface area contributed by atoms with Crippen molar-refractivity contribution in [3.63, 3.8) is 0 Å². The van der Waals surface area contributed by atoms with Crippen molar-refractivity contribution in [3.05, 3.63) is 0 Å². The van der Waals surface area contributed by atoms with Crippen LogP contribution in [0, 0.1) is 0 Å². The van der Waals surface area contributed by atoms with E-state index in [1.165, 1.54) is 13.8 Å². The van der Waals surface area contributed by atoms with Crippen LogP contribution in [-0.4, -0.2) is 46.6 Å². The highest BCUT2D eigenvalue weighted by molar-refractivity contribution is 5.90. The molecule has 0 saturated heterocycles. The molecule has 0 spiro atoms. The lowest BCUT2D eigenvalue weighted by atomic mass is 10.1. The van der Waals surface area contributed by atoms with E-state index in [0.717, 1.165) is 0 Å². The Balaban J connectivity index is 4.42. The van der Waals surface area contributed by atoms with Crippen LogP contribution in [0.3, 0.4) is 0 Å². The molecule has 94 valence electrons. The molecule has 0 fully saturated rings. The van der Waals surface area contributed by atoms with Gasteiger partial charge in [0.25, 0.3) is 5.91 Å². The van der Waals surface area contributed by atoms with Crippen molar-refractivity contribution >= 4 is 11.8 Å². The van der Waals surface area contributed by atoms with E-state index >= 15 is 0 Å². The monoisotopic (exact) mass is 230 g/mol. The Morgan fingerprint density at radius 1 is 1.31 bits per heavy atom. The van der Waals surface area contributed by atoms with Gasteiger partial charge in [0, 0.05) is 13.1 Å². The molecule has 0 heterocycles. The average molecular weight is 230 g/mol. The molecule has 0 bridgehead atoms. The maximum atomic E-state index is 11.8. The standard InChI is InChI=1S/C11H22N2O3/c1-6-13(7-2)9(14)8(3)12-10(15)11(4,5)16/h8,16H,6-7H2,1-5H3,(H,12,15). The lowest BCUT2D eigenvalue weighted by Crippen LogP contribution is -2.52. The van der Waals surface area contributed by atoms with Gasteiger partial charge in [-0.3, -0.25) is 9.59 Å². The summed E-state index contributed by atoms with van der Waals surface area (Å²) in [6.45, 7) is 9.37. The lowest BCUT2D eigenvalue weighted by molar-refractivity contribution is -0.142. The number of nitrogens with zero attached hydrogens (tertiary/aromatic N) is 1. The minimum Gasteiger partial charge on any atom is -0.381 e. The number of nitrogens with one attached hydrogen (secondary N) is 1. The first kappa shape index (κ1) is 14.9. The number of carbonyl (C=O) groups excluding carboxylic acids is 2. The van der Waals surface area contributed by atoms with Gasteiger partial charge in [-0.1, -0.05) is 0 Å². The third kappa shape index (κ3) is 4.18. The van der Waals surface area contributed by atoms with Crippen LogP contribution in [0.5, 0.6) is 0 Å². The van der Waals surface area contributed by atoms with Crippen molar-refractivity contribution in [1.29, 1.82) is 0 Å². The number of carbonyl (C=O) groups is 2. The fourth-order valence-corrected chi connectivity index (χ4v) is 1.24. The summed E-state index contributed by atoms with van der Waals surface area (Å²) in [6, 6.07) is -0.612. The molecule has 0 aromatic rings. The number of hydrogen-bond donors (Lipinski definition) is 2. The number of amides is 2. The first-order valence-corrected chi connectivity index (χ1v) is 5.56. The molecule has 0 aromatic carbocycles. The van der Waals surface area contributed by atoms with Crippen molar-refractivity contribution in [2.75, 3.05) is 13.1 Å². The molecule has 2 N–H and O–H groups in total. The highest BCUT2D eigenvalue weighted by atomic mass is 16.3. The predicted molar refractivity (Wildman–Crippen MR) is 61.8 cm³/mol. The van der Waals surface area contributed by atoms with Gasteiger partial charge in [0.2, 0.25) is 5.91 Å². The van der Waals surface area contributed by atoms with Crippen molar-refractivity contribution in [3.8, 4) is 0 Å². The minimum atomic E-state index is -1.46. The van der Waals surface area contributed by atoms with Crippen LogP contribution in [0.4, 0.5) is 0 Å². The SMILES string of the molecule is CCN(CC)C(=O)C(C)NC(=O)C(C)(C)O. The third-order valence-corrected chi connectivity index (χ3v) is 2.35. The van der Waals surface area contributed by atoms with Gasteiger partial charge in [-0.25, -0.2) is 0 Å². The molecule has 5 heteroatoms. The van der Waals surface area contributed by atoms with Crippen LogP contribution < -0.4 is 5.32 Å². The Morgan fingerprint density at radius 3 is 2.06 bits per heavy atom. The summed E-state index contributed by atoms with van der Waals surface area (Å²) in [4.78, 5) is 24.9. The Bertz CT molecular complexity index is 254. The summed E-state index contributed by atoms with van der Waals surface area (Å²) in [5, 5.41) is 11.9. The first-order chi connectivity index (χ1) is 7.23. The van der Waals surface area contributed by atoms with Crippen molar-refractivity contribution in [1.82, 2.24) is 10.2 Å².